The zero-order valence-electron chi connectivity index (χ0n) is 19.6. The summed E-state index contributed by atoms with van der Waals surface area (Å²) in [5.74, 6) is 0. The smallest absolute Gasteiger partial charge is 0.115 e. The van der Waals surface area contributed by atoms with E-state index in [0.29, 0.717) is 13.1 Å². The van der Waals surface area contributed by atoms with Gasteiger partial charge in [-0.25, -0.2) is 0 Å². The number of rotatable bonds is 17. The second-order valence-electron chi connectivity index (χ2n) is 10.5. The highest BCUT2D eigenvalue weighted by atomic mass is 16.3. The van der Waals surface area contributed by atoms with Crippen LogP contribution in [0.4, 0.5) is 0 Å². The van der Waals surface area contributed by atoms with Crippen LogP contribution >= 0.6 is 0 Å². The first-order valence-corrected chi connectivity index (χ1v) is 11.1. The Morgan fingerprint density at radius 1 is 0.630 bits per heavy atom. The van der Waals surface area contributed by atoms with E-state index >= 15 is 0 Å². The van der Waals surface area contributed by atoms with E-state index in [-0.39, 0.29) is 12.2 Å². The van der Waals surface area contributed by atoms with Crippen molar-refractivity contribution in [3.8, 4) is 0 Å². The van der Waals surface area contributed by atoms with Gasteiger partial charge in [-0.3, -0.25) is 4.90 Å². The lowest BCUT2D eigenvalue weighted by Crippen LogP contribution is -2.49. The van der Waals surface area contributed by atoms with Crippen LogP contribution in [0.5, 0.6) is 0 Å². The fraction of sp³-hybridized carbons (Fsp3) is 1.00. The summed E-state index contributed by atoms with van der Waals surface area (Å²) in [5, 5.41) is 21.0. The van der Waals surface area contributed by atoms with Gasteiger partial charge in [0.25, 0.3) is 0 Å². The maximum Gasteiger partial charge on any atom is 0.115 e. The number of aliphatic hydroxyl groups excluding tert-OH is 2. The van der Waals surface area contributed by atoms with E-state index in [1.54, 1.807) is 0 Å². The average Bonchev–Trinajstić information content (AvgIpc) is 2.45. The molecule has 0 spiro atoms. The molecule has 0 amide bonds. The Kier molecular flexibility index (Phi) is 13.8. The van der Waals surface area contributed by atoms with Gasteiger partial charge in [0.2, 0.25) is 0 Å². The van der Waals surface area contributed by atoms with Gasteiger partial charge in [-0.2, -0.15) is 0 Å². The molecule has 2 N–H and O–H groups in total. The minimum atomic E-state index is -0.352. The third kappa shape index (κ3) is 18.9. The number of nitrogens with zero attached hydrogens (tertiary/aromatic N) is 3. The molecule has 0 aromatic carbocycles. The van der Waals surface area contributed by atoms with E-state index in [1.165, 1.54) is 44.9 Å². The van der Waals surface area contributed by atoms with E-state index in [0.717, 1.165) is 35.0 Å². The second kappa shape index (κ2) is 13.9. The van der Waals surface area contributed by atoms with Crippen molar-refractivity contribution in [2.75, 3.05) is 75.0 Å². The van der Waals surface area contributed by atoms with Gasteiger partial charge in [0.05, 0.1) is 42.3 Å². The summed E-state index contributed by atoms with van der Waals surface area (Å²) < 4.78 is 1.52. The molecule has 0 aromatic rings. The van der Waals surface area contributed by atoms with Gasteiger partial charge >= 0.3 is 0 Å². The molecule has 0 heterocycles. The Morgan fingerprint density at radius 2 is 1.00 bits per heavy atom. The van der Waals surface area contributed by atoms with Crippen LogP contribution in [-0.4, -0.2) is 111 Å². The molecule has 0 radical (unpaired) electrons. The van der Waals surface area contributed by atoms with Crippen LogP contribution in [0, 0.1) is 0 Å². The molecule has 0 saturated heterocycles. The predicted octanol–water partition coefficient (Wildman–Crippen LogP) is 2.56. The summed E-state index contributed by atoms with van der Waals surface area (Å²) in [6.07, 6.45) is 9.75. The predicted molar refractivity (Wildman–Crippen MR) is 117 cm³/mol. The topological polar surface area (TPSA) is 43.7 Å². The molecule has 0 aliphatic rings. The number of aliphatic hydroxyl groups is 2. The summed E-state index contributed by atoms with van der Waals surface area (Å²) in [6, 6.07) is 0. The molecule has 0 aliphatic heterocycles. The molecule has 2 unspecified atom stereocenters. The third-order valence-electron chi connectivity index (χ3n) is 4.78. The SMILES string of the molecule is CCCCCCCCCCN(CC(O)C[N+](C)(C)C)CC(O)C[N+](C)(C)C. The highest BCUT2D eigenvalue weighted by Gasteiger charge is 2.22. The molecular formula is C22H51N3O2+2. The van der Waals surface area contributed by atoms with Crippen molar-refractivity contribution in [1.29, 1.82) is 0 Å². The lowest BCUT2D eigenvalue weighted by molar-refractivity contribution is -0.873. The van der Waals surface area contributed by atoms with Crippen LogP contribution in [0.3, 0.4) is 0 Å². The van der Waals surface area contributed by atoms with Crippen LogP contribution in [-0.2, 0) is 0 Å². The zero-order chi connectivity index (χ0) is 20.9. The molecule has 0 saturated carbocycles. The van der Waals surface area contributed by atoms with Crippen LogP contribution in [0.25, 0.3) is 0 Å². The van der Waals surface area contributed by atoms with Gasteiger partial charge in [-0.1, -0.05) is 51.9 Å². The summed E-state index contributed by atoms with van der Waals surface area (Å²) in [5.41, 5.74) is 0. The first-order valence-electron chi connectivity index (χ1n) is 11.1. The molecule has 5 nitrogen and oxygen atoms in total. The fourth-order valence-corrected chi connectivity index (χ4v) is 3.70. The van der Waals surface area contributed by atoms with Crippen LogP contribution < -0.4 is 0 Å². The number of unbranched alkanes of at least 4 members (excludes halogenated alkanes) is 7. The number of quaternary nitrogens is 2. The van der Waals surface area contributed by atoms with E-state index in [1.807, 2.05) is 0 Å². The average molecular weight is 390 g/mol. The van der Waals surface area contributed by atoms with Crippen LogP contribution in [0.15, 0.2) is 0 Å². The molecular weight excluding hydrogens is 338 g/mol. The van der Waals surface area contributed by atoms with Crippen molar-refractivity contribution in [2.24, 2.45) is 0 Å². The molecule has 164 valence electrons. The van der Waals surface area contributed by atoms with Gasteiger partial charge in [-0.05, 0) is 13.0 Å². The van der Waals surface area contributed by atoms with Gasteiger partial charge in [-0.15, -0.1) is 0 Å². The summed E-state index contributed by atoms with van der Waals surface area (Å²) in [4.78, 5) is 2.28. The molecule has 0 aliphatic carbocycles. The summed E-state index contributed by atoms with van der Waals surface area (Å²) in [6.45, 7) is 6.01. The van der Waals surface area contributed by atoms with Crippen molar-refractivity contribution in [3.05, 3.63) is 0 Å². The first-order chi connectivity index (χ1) is 12.4. The third-order valence-corrected chi connectivity index (χ3v) is 4.78. The van der Waals surface area contributed by atoms with E-state index in [2.05, 4.69) is 54.1 Å². The second-order valence-corrected chi connectivity index (χ2v) is 10.5. The molecule has 27 heavy (non-hydrogen) atoms. The van der Waals surface area contributed by atoms with E-state index in [9.17, 15) is 10.2 Å². The minimum Gasteiger partial charge on any atom is -0.386 e. The molecule has 5 heteroatoms. The Labute approximate surface area is 170 Å². The monoisotopic (exact) mass is 389 g/mol. The van der Waals surface area contributed by atoms with E-state index in [4.69, 9.17) is 0 Å². The van der Waals surface area contributed by atoms with Crippen molar-refractivity contribution in [3.63, 3.8) is 0 Å². The maximum absolute atomic E-state index is 10.5. The van der Waals surface area contributed by atoms with Gasteiger partial charge < -0.3 is 19.2 Å². The maximum atomic E-state index is 10.5. The van der Waals surface area contributed by atoms with Crippen molar-refractivity contribution < 1.29 is 19.2 Å². The minimum absolute atomic E-state index is 0.352. The van der Waals surface area contributed by atoms with Crippen molar-refractivity contribution >= 4 is 0 Å². The van der Waals surface area contributed by atoms with Crippen molar-refractivity contribution in [1.82, 2.24) is 4.90 Å². The quantitative estimate of drug-likeness (QED) is 0.297. The van der Waals surface area contributed by atoms with E-state index < -0.39 is 0 Å². The number of likely N-dealkylation sites (N-methyl/N-ethyl adjacent to an activating group) is 2. The Balaban J connectivity index is 4.34. The normalized spacial score (nSPS) is 15.3. The standard InChI is InChI=1S/C22H51N3O2/c1-8-9-10-11-12-13-14-15-16-23(17-21(26)19-24(2,3)4)18-22(27)20-25(5,6)7/h21-22,26-27H,8-20H2,1-7H3/q+2. The van der Waals surface area contributed by atoms with Crippen LogP contribution in [0.2, 0.25) is 0 Å². The molecule has 0 aromatic heterocycles. The highest BCUT2D eigenvalue weighted by molar-refractivity contribution is 4.69. The summed E-state index contributed by atoms with van der Waals surface area (Å²) >= 11 is 0. The fourth-order valence-electron chi connectivity index (χ4n) is 3.70. The molecule has 0 bridgehead atoms. The molecule has 2 atom stereocenters. The van der Waals surface area contributed by atoms with Gasteiger partial charge in [0.1, 0.15) is 25.3 Å². The zero-order valence-corrected chi connectivity index (χ0v) is 19.6. The lowest BCUT2D eigenvalue weighted by Gasteiger charge is -2.33. The Morgan fingerprint density at radius 3 is 1.37 bits per heavy atom. The lowest BCUT2D eigenvalue weighted by atomic mass is 10.1. The van der Waals surface area contributed by atoms with Gasteiger partial charge in [0.15, 0.2) is 0 Å². The number of hydrogen-bond donors (Lipinski definition) is 2. The van der Waals surface area contributed by atoms with Gasteiger partial charge in [0, 0.05) is 13.1 Å². The number of hydrogen-bond acceptors (Lipinski definition) is 3. The summed E-state index contributed by atoms with van der Waals surface area (Å²) in [7, 11) is 12.7. The first kappa shape index (κ1) is 26.8. The van der Waals surface area contributed by atoms with Crippen molar-refractivity contribution in [2.45, 2.75) is 70.5 Å². The molecule has 0 fully saturated rings. The van der Waals surface area contributed by atoms with Crippen LogP contribution in [0.1, 0.15) is 58.3 Å². The Hall–Kier alpha value is -0.200. The highest BCUT2D eigenvalue weighted by Crippen LogP contribution is 2.10. The Bertz CT molecular complexity index is 326. The largest absolute Gasteiger partial charge is 0.386 e. The molecule has 0 rings (SSSR count).